The number of rotatable bonds is 22. The largest absolute Gasteiger partial charge is 0.471 e. The highest BCUT2D eigenvalue weighted by molar-refractivity contribution is 5.82. The lowest BCUT2D eigenvalue weighted by atomic mass is 9.91. The monoisotopic (exact) mass is 1110 g/mol. The van der Waals surface area contributed by atoms with Crippen LogP contribution in [0.4, 0.5) is 23.2 Å². The van der Waals surface area contributed by atoms with Crippen molar-refractivity contribution in [2.75, 3.05) is 0 Å². The smallest absolute Gasteiger partial charge is 0.343 e. The molecule has 7 aromatic rings. The molecule has 0 bridgehead atoms. The molecule has 0 spiro atoms. The second kappa shape index (κ2) is 29.1. The van der Waals surface area contributed by atoms with Gasteiger partial charge in [0.15, 0.2) is 11.6 Å². The van der Waals surface area contributed by atoms with Crippen LogP contribution in [0.25, 0.3) is 4.85 Å². The van der Waals surface area contributed by atoms with Gasteiger partial charge in [0.1, 0.15) is 30.2 Å². The Hall–Kier alpha value is -7.06. The fourth-order valence-corrected chi connectivity index (χ4v) is 10.5. The average Bonchev–Trinajstić information content (AvgIpc) is 4.23. The molecule has 4 N–H and O–H groups in total. The van der Waals surface area contributed by atoms with E-state index in [0.29, 0.717) is 26.1 Å². The summed E-state index contributed by atoms with van der Waals surface area (Å²) in [5.74, 6) is -4.33. The molecule has 8 atom stereocenters. The number of carbonyl (C=O) groups excluding carboxylic acids is 1. The number of alkyl halides is 3. The molecule has 0 unspecified atom stereocenters. The average molecular weight is 1110 g/mol. The summed E-state index contributed by atoms with van der Waals surface area (Å²) in [5.41, 5.74) is 7.37. The minimum Gasteiger partial charge on any atom is -0.343 e. The fourth-order valence-electron chi connectivity index (χ4n) is 10.5. The van der Waals surface area contributed by atoms with Crippen molar-refractivity contribution in [3.63, 3.8) is 0 Å². The highest BCUT2D eigenvalue weighted by Gasteiger charge is 2.51. The number of benzene rings is 7. The van der Waals surface area contributed by atoms with Gasteiger partial charge in [0, 0.05) is 37.8 Å². The summed E-state index contributed by atoms with van der Waals surface area (Å²) in [6, 6.07) is 63.2. The lowest BCUT2D eigenvalue weighted by Gasteiger charge is -2.33. The molecule has 9 rings (SSSR count). The molecule has 1 amide bonds. The van der Waals surface area contributed by atoms with Crippen molar-refractivity contribution < 1.29 is 41.3 Å². The van der Waals surface area contributed by atoms with Crippen LogP contribution in [-0.4, -0.2) is 72.2 Å². The molecule has 14 heteroatoms. The van der Waals surface area contributed by atoms with E-state index >= 15 is 0 Å². The first-order chi connectivity index (χ1) is 38.5. The summed E-state index contributed by atoms with van der Waals surface area (Å²) in [5, 5.41) is 13.3. The van der Waals surface area contributed by atoms with Gasteiger partial charge in [-0.05, 0) is 104 Å². The van der Waals surface area contributed by atoms with Gasteiger partial charge in [-0.3, -0.25) is 4.79 Å². The molecule has 2 saturated heterocycles. The van der Waals surface area contributed by atoms with Crippen molar-refractivity contribution in [1.29, 1.82) is 0 Å². The Morgan fingerprint density at radius 2 is 0.753 bits per heavy atom. The van der Waals surface area contributed by atoms with E-state index in [4.69, 9.17) is 25.5 Å². The van der Waals surface area contributed by atoms with Crippen molar-refractivity contribution in [2.24, 2.45) is 0 Å². The highest BCUT2D eigenvalue weighted by atomic mass is 19.4. The van der Waals surface area contributed by atoms with Crippen molar-refractivity contribution in [1.82, 2.24) is 21.3 Å². The topological polar surface area (TPSA) is 106 Å². The van der Waals surface area contributed by atoms with E-state index in [0.717, 1.165) is 35.1 Å². The molecule has 81 heavy (non-hydrogen) atoms. The summed E-state index contributed by atoms with van der Waals surface area (Å²) >= 11 is 0. The molecule has 10 nitrogen and oxygen atoms in total. The van der Waals surface area contributed by atoms with Crippen molar-refractivity contribution in [2.45, 2.75) is 147 Å². The number of nitrogens with zero attached hydrogens (tertiary/aromatic N) is 1. The van der Waals surface area contributed by atoms with E-state index in [1.165, 1.54) is 22.8 Å². The van der Waals surface area contributed by atoms with Crippen LogP contribution in [-0.2, 0) is 69.1 Å². The first-order valence-corrected chi connectivity index (χ1v) is 27.2. The number of ether oxygens (including phenoxy) is 4. The highest BCUT2D eigenvalue weighted by Crippen LogP contribution is 2.36. The third kappa shape index (κ3) is 18.5. The molecule has 0 aromatic heterocycles. The Kier molecular flexibility index (Phi) is 22.1. The summed E-state index contributed by atoms with van der Waals surface area (Å²) in [7, 11) is 0. The fraction of sp³-hybridized carbons (Fsp3) is 0.343. The van der Waals surface area contributed by atoms with E-state index in [9.17, 15) is 22.4 Å². The Morgan fingerprint density at radius 3 is 1.06 bits per heavy atom. The van der Waals surface area contributed by atoms with Gasteiger partial charge in [-0.15, -0.1) is 0 Å². The van der Waals surface area contributed by atoms with Crippen LogP contribution in [0.2, 0.25) is 0 Å². The molecule has 2 heterocycles. The Labute approximate surface area is 475 Å². The molecule has 0 aliphatic carbocycles. The van der Waals surface area contributed by atoms with Crippen molar-refractivity contribution in [3.05, 3.63) is 256 Å². The van der Waals surface area contributed by atoms with Gasteiger partial charge in [0.05, 0.1) is 12.6 Å². The molecule has 2 fully saturated rings. The van der Waals surface area contributed by atoms with Crippen LogP contribution in [0.3, 0.4) is 0 Å². The predicted octanol–water partition coefficient (Wildman–Crippen LogP) is 12.8. The normalized spacial score (nSPS) is 19.6. The molecule has 2 aliphatic rings. The maximum atomic E-state index is 14.0. The number of hydrogen-bond acceptors (Lipinski definition) is 8. The number of halogens is 4. The Balaban J connectivity index is 0.000000232. The van der Waals surface area contributed by atoms with Crippen LogP contribution in [0.1, 0.15) is 74.1 Å². The predicted molar refractivity (Wildman–Crippen MR) is 310 cm³/mol. The van der Waals surface area contributed by atoms with Gasteiger partial charge in [-0.1, -0.05) is 195 Å². The first-order valence-electron chi connectivity index (χ1n) is 27.2. The SMILES string of the molecule is C.CC1(C)O[C@@H]([C@@H](Cc2ccccc2)NCc2ccccc2)[C@H]([C@@H](Cc2ccccc2)NC(=O)C(F)(F)F)O1.[C-]#[N+]c1cc(CN[C@H](Cc2ccccc2)[C@@H]2OC(C)(C)O[C@H]2[C@@H](Cc2ccccc2)NCc2ccccc2)ccc1F. The molecule has 0 saturated carbocycles. The van der Waals surface area contributed by atoms with Crippen molar-refractivity contribution >= 4 is 11.6 Å². The number of amides is 1. The van der Waals surface area contributed by atoms with Gasteiger partial charge in [-0.25, -0.2) is 9.24 Å². The van der Waals surface area contributed by atoms with E-state index < -0.39 is 47.7 Å². The molecule has 0 radical (unpaired) electrons. The maximum absolute atomic E-state index is 14.0. The number of hydrogen-bond donors (Lipinski definition) is 4. The second-order valence-electron chi connectivity index (χ2n) is 21.3. The van der Waals surface area contributed by atoms with Crippen LogP contribution < -0.4 is 21.3 Å². The first kappa shape index (κ1) is 61.6. The van der Waals surface area contributed by atoms with Crippen LogP contribution in [0, 0.1) is 12.4 Å². The number of nitrogens with one attached hydrogen (secondary N) is 4. The summed E-state index contributed by atoms with van der Waals surface area (Å²) in [6.07, 6.45) is -4.83. The van der Waals surface area contributed by atoms with Crippen molar-refractivity contribution in [3.8, 4) is 0 Å². The standard InChI is InChI=1S/C36H38FN3O2.C30H33F3N2O3.CH4/c1-36(2)41-34(32(21-26-13-7-4-8-14-26)39-24-28-17-11-6-12-18-28)35(42-36)33(22-27-15-9-5-10-16-27)40-25-29-19-20-30(37)31(23-29)38-3;1-29(2)37-26(24(18-21-12-6-3-7-13-21)34-20-23-16-10-5-11-17-23)27(38-29)25(35-28(36)30(31,32)33)19-22-14-8-4-9-15-22;/h4-20,23,32-35,39-40H,21-22,24-25H2,1-2H3;3-17,24-27,34H,18-20H2,1-2H3,(H,35,36);1H4/t32-,33-,34+,35+;24-,25-,26+,27+;/m11./s1. The summed E-state index contributed by atoms with van der Waals surface area (Å²) < 4.78 is 80.0. The molecular formula is C67H75F4N5O5. The molecule has 2 aliphatic heterocycles. The third-order valence-electron chi connectivity index (χ3n) is 14.2. The van der Waals surface area contributed by atoms with Crippen LogP contribution >= 0.6 is 0 Å². The van der Waals surface area contributed by atoms with Gasteiger partial charge < -0.3 is 40.2 Å². The van der Waals surface area contributed by atoms with E-state index in [1.807, 2.05) is 135 Å². The molecule has 426 valence electrons. The lowest BCUT2D eigenvalue weighted by molar-refractivity contribution is -0.176. The third-order valence-corrected chi connectivity index (χ3v) is 14.2. The maximum Gasteiger partial charge on any atom is 0.471 e. The Morgan fingerprint density at radius 1 is 0.469 bits per heavy atom. The Bertz CT molecular complexity index is 3030. The second-order valence-corrected chi connectivity index (χ2v) is 21.3. The van der Waals surface area contributed by atoms with Gasteiger partial charge in [0.2, 0.25) is 5.69 Å². The number of carbonyl (C=O) groups is 1. The molecular weight excluding hydrogens is 1030 g/mol. The zero-order valence-corrected chi connectivity index (χ0v) is 45.6. The van der Waals surface area contributed by atoms with Crippen LogP contribution in [0.15, 0.2) is 200 Å². The zero-order chi connectivity index (χ0) is 56.5. The zero-order valence-electron chi connectivity index (χ0n) is 45.6. The minimum atomic E-state index is -5.02. The van der Waals surface area contributed by atoms with Crippen LogP contribution in [0.5, 0.6) is 0 Å². The minimum absolute atomic E-state index is 0. The lowest BCUT2D eigenvalue weighted by Crippen LogP contribution is -2.56. The van der Waals surface area contributed by atoms with Gasteiger partial charge in [-0.2, -0.15) is 13.2 Å². The van der Waals surface area contributed by atoms with E-state index in [1.54, 1.807) is 26.0 Å². The van der Waals surface area contributed by atoms with E-state index in [-0.39, 0.29) is 49.9 Å². The van der Waals surface area contributed by atoms with Gasteiger partial charge in [0.25, 0.3) is 0 Å². The summed E-state index contributed by atoms with van der Waals surface area (Å²) in [4.78, 5) is 15.5. The van der Waals surface area contributed by atoms with Gasteiger partial charge >= 0.3 is 12.1 Å². The summed E-state index contributed by atoms with van der Waals surface area (Å²) in [6.45, 7) is 16.4. The van der Waals surface area contributed by atoms with E-state index in [2.05, 4.69) is 86.8 Å². The molecule has 7 aromatic carbocycles. The quantitative estimate of drug-likeness (QED) is 0.0393.